The zero-order valence-electron chi connectivity index (χ0n) is 24.2. The number of hydrogen-bond acceptors (Lipinski definition) is 5. The van der Waals surface area contributed by atoms with E-state index in [1.54, 1.807) is 11.3 Å². The van der Waals surface area contributed by atoms with Crippen molar-refractivity contribution in [1.82, 2.24) is 4.98 Å². The molecule has 5 heteroatoms. The topological polar surface area (TPSA) is 63.7 Å². The van der Waals surface area contributed by atoms with Gasteiger partial charge in [0.1, 0.15) is 22.7 Å². The fourth-order valence-corrected chi connectivity index (χ4v) is 6.57. The molecule has 0 aliphatic heterocycles. The summed E-state index contributed by atoms with van der Waals surface area (Å²) in [5, 5.41) is 19.8. The molecule has 1 aliphatic carbocycles. The Morgan fingerprint density at radius 2 is 1.40 bits per heavy atom. The zero-order valence-corrected chi connectivity index (χ0v) is 25.0. The highest BCUT2D eigenvalue weighted by atomic mass is 32.1. The smallest absolute Gasteiger partial charge is 0.132 e. The number of allylic oxidation sites excluding steroid dienone is 5. The summed E-state index contributed by atoms with van der Waals surface area (Å²) in [6.07, 6.45) is 7.84. The number of rotatable bonds is 6. The van der Waals surface area contributed by atoms with Crippen molar-refractivity contribution in [2.24, 2.45) is 5.41 Å². The van der Waals surface area contributed by atoms with Gasteiger partial charge in [0.15, 0.2) is 0 Å². The van der Waals surface area contributed by atoms with Crippen molar-refractivity contribution in [3.05, 3.63) is 138 Å². The van der Waals surface area contributed by atoms with Crippen LogP contribution in [0.15, 0.2) is 132 Å². The number of aromatic nitrogens is 1. The minimum absolute atomic E-state index is 0.00860. The highest BCUT2D eigenvalue weighted by molar-refractivity contribution is 7.21. The lowest BCUT2D eigenvalue weighted by atomic mass is 9.74. The second-order valence-corrected chi connectivity index (χ2v) is 12.5. The molecular weight excluding hydrogens is 545 g/mol. The van der Waals surface area contributed by atoms with Gasteiger partial charge in [-0.15, -0.1) is 11.3 Å². The number of anilines is 3. The fraction of sp³-hybridized carbons (Fsp3) is 0.132. The Morgan fingerprint density at radius 1 is 0.767 bits per heavy atom. The quantitative estimate of drug-likeness (QED) is 0.189. The zero-order chi connectivity index (χ0) is 29.8. The second kappa shape index (κ2) is 11.9. The van der Waals surface area contributed by atoms with Crippen LogP contribution in [0.2, 0.25) is 0 Å². The summed E-state index contributed by atoms with van der Waals surface area (Å²) in [7, 11) is 0. The molecule has 0 bridgehead atoms. The van der Waals surface area contributed by atoms with E-state index in [4.69, 9.17) is 4.98 Å². The van der Waals surface area contributed by atoms with Crippen LogP contribution in [0.1, 0.15) is 32.3 Å². The molecule has 0 spiro atoms. The molecule has 0 N–H and O–H groups in total. The first-order valence-corrected chi connectivity index (χ1v) is 15.1. The molecule has 4 nitrogen and oxygen atoms in total. The van der Waals surface area contributed by atoms with Gasteiger partial charge in [-0.1, -0.05) is 74.5 Å². The standard InChI is InChI=1S/C38H30N4S/c1-38(2)23-28(22-30(24-38)31(25-39)26-40)13-12-27-14-18-33(19-15-27)42(32-8-4-3-5-9-32)34-20-16-29(17-21-34)37-41-35-10-6-7-11-36(35)43-37/h3-22H,23-24H2,1-2H3/b13-12+. The largest absolute Gasteiger partial charge is 0.311 e. The van der Waals surface area contributed by atoms with Crippen LogP contribution in [-0.4, -0.2) is 4.98 Å². The Morgan fingerprint density at radius 3 is 2.07 bits per heavy atom. The predicted molar refractivity (Wildman–Crippen MR) is 178 cm³/mol. The van der Waals surface area contributed by atoms with Gasteiger partial charge < -0.3 is 4.90 Å². The maximum atomic E-state index is 9.39. The normalized spacial score (nSPS) is 14.2. The van der Waals surface area contributed by atoms with E-state index in [1.165, 1.54) is 4.70 Å². The number of benzene rings is 4. The summed E-state index contributed by atoms with van der Waals surface area (Å²) in [5.41, 5.74) is 8.57. The number of fused-ring (bicyclic) bond motifs is 1. The minimum Gasteiger partial charge on any atom is -0.311 e. The number of nitrogens with zero attached hydrogens (tertiary/aromatic N) is 4. The molecule has 0 saturated heterocycles. The molecule has 43 heavy (non-hydrogen) atoms. The highest BCUT2D eigenvalue weighted by Crippen LogP contribution is 2.40. The lowest BCUT2D eigenvalue weighted by molar-refractivity contribution is 0.354. The lowest BCUT2D eigenvalue weighted by Crippen LogP contribution is -2.17. The van der Waals surface area contributed by atoms with E-state index in [1.807, 2.05) is 18.2 Å². The van der Waals surface area contributed by atoms with Crippen LogP contribution in [0.25, 0.3) is 26.9 Å². The number of nitriles is 2. The molecule has 208 valence electrons. The molecular formula is C38H30N4S. The van der Waals surface area contributed by atoms with E-state index in [-0.39, 0.29) is 11.0 Å². The Hall–Kier alpha value is -5.23. The monoisotopic (exact) mass is 574 g/mol. The van der Waals surface area contributed by atoms with Crippen LogP contribution in [0.4, 0.5) is 17.1 Å². The summed E-state index contributed by atoms with van der Waals surface area (Å²) in [4.78, 5) is 7.08. The van der Waals surface area contributed by atoms with E-state index >= 15 is 0 Å². The highest BCUT2D eigenvalue weighted by Gasteiger charge is 2.26. The van der Waals surface area contributed by atoms with Gasteiger partial charge in [-0.3, -0.25) is 0 Å². The third kappa shape index (κ3) is 6.19. The molecule has 1 heterocycles. The molecule has 6 rings (SSSR count). The summed E-state index contributed by atoms with van der Waals surface area (Å²) in [6.45, 7) is 4.36. The number of hydrogen-bond donors (Lipinski definition) is 0. The van der Waals surface area contributed by atoms with Crippen molar-refractivity contribution in [2.75, 3.05) is 4.90 Å². The number of thiazole rings is 1. The first kappa shape index (κ1) is 27.9. The van der Waals surface area contributed by atoms with E-state index in [2.05, 4.69) is 134 Å². The van der Waals surface area contributed by atoms with Gasteiger partial charge in [0.05, 0.1) is 10.2 Å². The van der Waals surface area contributed by atoms with Crippen molar-refractivity contribution in [3.63, 3.8) is 0 Å². The van der Waals surface area contributed by atoms with Gasteiger partial charge in [-0.05, 0) is 95.6 Å². The maximum Gasteiger partial charge on any atom is 0.132 e. The van der Waals surface area contributed by atoms with Crippen molar-refractivity contribution < 1.29 is 0 Å². The van der Waals surface area contributed by atoms with Crippen molar-refractivity contribution in [3.8, 4) is 22.7 Å². The molecule has 0 unspecified atom stereocenters. The Bertz CT molecular complexity index is 1900. The van der Waals surface area contributed by atoms with E-state index in [9.17, 15) is 10.5 Å². The Balaban J connectivity index is 1.28. The van der Waals surface area contributed by atoms with Gasteiger partial charge >= 0.3 is 0 Å². The minimum atomic E-state index is -0.00860. The third-order valence-electron chi connectivity index (χ3n) is 7.58. The summed E-state index contributed by atoms with van der Waals surface area (Å²) >= 11 is 1.71. The van der Waals surface area contributed by atoms with Crippen LogP contribution in [0, 0.1) is 28.1 Å². The lowest BCUT2D eigenvalue weighted by Gasteiger charge is -2.30. The van der Waals surface area contributed by atoms with Crippen LogP contribution >= 0.6 is 11.3 Å². The molecule has 0 saturated carbocycles. The molecule has 1 aromatic heterocycles. The average molecular weight is 575 g/mol. The predicted octanol–water partition coefficient (Wildman–Crippen LogP) is 10.5. The SMILES string of the molecule is CC1(C)CC(/C=C/c2ccc(N(c3ccccc3)c3ccc(-c4nc5ccccc5s4)cc3)cc2)=CC(=C(C#N)C#N)C1. The molecule has 1 aliphatic rings. The molecule has 0 fully saturated rings. The summed E-state index contributed by atoms with van der Waals surface area (Å²) in [6, 6.07) is 39.9. The van der Waals surface area contributed by atoms with Gasteiger partial charge in [-0.25, -0.2) is 4.98 Å². The van der Waals surface area contributed by atoms with Gasteiger partial charge in [0.25, 0.3) is 0 Å². The summed E-state index contributed by atoms with van der Waals surface area (Å²) in [5.74, 6) is 0. The van der Waals surface area contributed by atoms with Crippen LogP contribution < -0.4 is 4.90 Å². The molecule has 0 radical (unpaired) electrons. The summed E-state index contributed by atoms with van der Waals surface area (Å²) < 4.78 is 1.19. The van der Waals surface area contributed by atoms with Crippen LogP contribution in [-0.2, 0) is 0 Å². The first-order valence-electron chi connectivity index (χ1n) is 14.3. The van der Waals surface area contributed by atoms with Gasteiger partial charge in [0, 0.05) is 22.6 Å². The fourth-order valence-electron chi connectivity index (χ4n) is 5.60. The van der Waals surface area contributed by atoms with Gasteiger partial charge in [-0.2, -0.15) is 10.5 Å². The third-order valence-corrected chi connectivity index (χ3v) is 8.66. The average Bonchev–Trinajstić information content (AvgIpc) is 3.46. The second-order valence-electron chi connectivity index (χ2n) is 11.5. The van der Waals surface area contributed by atoms with Crippen molar-refractivity contribution in [2.45, 2.75) is 26.7 Å². The van der Waals surface area contributed by atoms with Crippen molar-refractivity contribution in [1.29, 1.82) is 10.5 Å². The first-order chi connectivity index (χ1) is 20.9. The van der Waals surface area contributed by atoms with Crippen LogP contribution in [0.3, 0.4) is 0 Å². The van der Waals surface area contributed by atoms with Crippen LogP contribution in [0.5, 0.6) is 0 Å². The van der Waals surface area contributed by atoms with Crippen molar-refractivity contribution >= 4 is 44.7 Å². The molecule has 0 amide bonds. The molecule has 4 aromatic carbocycles. The van der Waals surface area contributed by atoms with E-state index in [0.717, 1.165) is 62.7 Å². The van der Waals surface area contributed by atoms with E-state index < -0.39 is 0 Å². The molecule has 5 aromatic rings. The Kier molecular flexibility index (Phi) is 7.75. The van der Waals surface area contributed by atoms with E-state index in [0.29, 0.717) is 0 Å². The molecule has 0 atom stereocenters. The maximum absolute atomic E-state index is 9.39. The Labute approximate surface area is 256 Å². The van der Waals surface area contributed by atoms with Gasteiger partial charge in [0.2, 0.25) is 0 Å². The number of para-hydroxylation sites is 2.